The third-order valence-corrected chi connectivity index (χ3v) is 6.45. The predicted octanol–water partition coefficient (Wildman–Crippen LogP) is 1.18. The minimum Gasteiger partial charge on any atom is -0.313 e. The monoisotopic (exact) mass is 289 g/mol. The highest BCUT2D eigenvalue weighted by atomic mass is 32.2. The van der Waals surface area contributed by atoms with E-state index in [0.29, 0.717) is 12.6 Å². The number of hydrogen-bond acceptors (Lipinski definition) is 3. The molecule has 0 spiro atoms. The van der Waals surface area contributed by atoms with Crippen LogP contribution in [0.4, 0.5) is 0 Å². The molecule has 1 N–H and O–H groups in total. The van der Waals surface area contributed by atoms with Crippen LogP contribution in [0.5, 0.6) is 0 Å². The van der Waals surface area contributed by atoms with Gasteiger partial charge in [0.2, 0.25) is 0 Å². The standard InChI is InChI=1S/C13H27N3O2S/c1-15(11-12-7-6-10-14-12)19(17,18)16(2)13-8-4-3-5-9-13/h12-14H,3-11H2,1-2H3. The van der Waals surface area contributed by atoms with Gasteiger partial charge in [-0.3, -0.25) is 0 Å². The Morgan fingerprint density at radius 2 is 1.74 bits per heavy atom. The topological polar surface area (TPSA) is 52.7 Å². The zero-order valence-electron chi connectivity index (χ0n) is 12.1. The lowest BCUT2D eigenvalue weighted by Crippen LogP contribution is -2.48. The second-order valence-electron chi connectivity index (χ2n) is 5.89. The molecule has 0 amide bonds. The summed E-state index contributed by atoms with van der Waals surface area (Å²) in [6.07, 6.45) is 7.78. The summed E-state index contributed by atoms with van der Waals surface area (Å²) in [5, 5.41) is 3.35. The average molecular weight is 289 g/mol. The van der Waals surface area contributed by atoms with Crippen molar-refractivity contribution in [1.29, 1.82) is 0 Å². The molecule has 1 atom stereocenters. The Labute approximate surface area is 117 Å². The molecule has 1 saturated carbocycles. The van der Waals surface area contributed by atoms with Crippen LogP contribution in [0.15, 0.2) is 0 Å². The van der Waals surface area contributed by atoms with E-state index < -0.39 is 10.2 Å². The largest absolute Gasteiger partial charge is 0.313 e. The second-order valence-corrected chi connectivity index (χ2v) is 7.98. The van der Waals surface area contributed by atoms with Gasteiger partial charge in [0.25, 0.3) is 10.2 Å². The molecule has 1 aliphatic carbocycles. The van der Waals surface area contributed by atoms with Crippen LogP contribution in [0, 0.1) is 0 Å². The third-order valence-electron chi connectivity index (χ3n) is 4.49. The number of rotatable bonds is 5. The van der Waals surface area contributed by atoms with Gasteiger partial charge in [0, 0.05) is 32.7 Å². The van der Waals surface area contributed by atoms with Gasteiger partial charge in [-0.2, -0.15) is 17.0 Å². The third kappa shape index (κ3) is 3.68. The summed E-state index contributed by atoms with van der Waals surface area (Å²) in [6.45, 7) is 1.59. The smallest absolute Gasteiger partial charge is 0.281 e. The average Bonchev–Trinajstić information content (AvgIpc) is 2.91. The van der Waals surface area contributed by atoms with Crippen LogP contribution >= 0.6 is 0 Å². The summed E-state index contributed by atoms with van der Waals surface area (Å²) in [7, 11) is 0.144. The number of hydrogen-bond donors (Lipinski definition) is 1. The Bertz CT molecular complexity index is 373. The van der Waals surface area contributed by atoms with Crippen LogP contribution in [-0.4, -0.2) is 56.3 Å². The quantitative estimate of drug-likeness (QED) is 0.827. The summed E-state index contributed by atoms with van der Waals surface area (Å²) >= 11 is 0. The highest BCUT2D eigenvalue weighted by molar-refractivity contribution is 7.86. The van der Waals surface area contributed by atoms with Gasteiger partial charge in [0.1, 0.15) is 0 Å². The first-order valence-corrected chi connectivity index (χ1v) is 8.84. The van der Waals surface area contributed by atoms with Gasteiger partial charge in [0.15, 0.2) is 0 Å². The molecule has 0 aromatic rings. The molecule has 2 fully saturated rings. The van der Waals surface area contributed by atoms with Crippen molar-refractivity contribution in [3.63, 3.8) is 0 Å². The highest BCUT2D eigenvalue weighted by Gasteiger charge is 2.32. The van der Waals surface area contributed by atoms with Crippen LogP contribution in [0.1, 0.15) is 44.9 Å². The maximum absolute atomic E-state index is 12.5. The van der Waals surface area contributed by atoms with Gasteiger partial charge in [-0.25, -0.2) is 0 Å². The summed E-state index contributed by atoms with van der Waals surface area (Å²) in [5.41, 5.74) is 0. The molecule has 112 valence electrons. The fourth-order valence-electron chi connectivity index (χ4n) is 3.17. The van der Waals surface area contributed by atoms with Crippen molar-refractivity contribution < 1.29 is 8.42 Å². The Kier molecular flexibility index (Phi) is 5.22. The van der Waals surface area contributed by atoms with E-state index in [1.54, 1.807) is 18.4 Å². The van der Waals surface area contributed by atoms with E-state index in [4.69, 9.17) is 0 Å². The second kappa shape index (κ2) is 6.52. The van der Waals surface area contributed by atoms with Crippen LogP contribution < -0.4 is 5.32 Å². The molecular formula is C13H27N3O2S. The van der Waals surface area contributed by atoms with Crippen LogP contribution in [0.25, 0.3) is 0 Å². The van der Waals surface area contributed by atoms with Crippen molar-refractivity contribution in [2.45, 2.75) is 57.0 Å². The molecule has 19 heavy (non-hydrogen) atoms. The zero-order chi connectivity index (χ0) is 13.9. The fraction of sp³-hybridized carbons (Fsp3) is 1.00. The summed E-state index contributed by atoms with van der Waals surface area (Å²) in [5.74, 6) is 0. The van der Waals surface area contributed by atoms with Crippen LogP contribution in [-0.2, 0) is 10.2 Å². The zero-order valence-corrected chi connectivity index (χ0v) is 13.0. The van der Waals surface area contributed by atoms with E-state index >= 15 is 0 Å². The highest BCUT2D eigenvalue weighted by Crippen LogP contribution is 2.24. The molecule has 6 heteroatoms. The van der Waals surface area contributed by atoms with E-state index in [9.17, 15) is 8.42 Å². The summed E-state index contributed by atoms with van der Waals surface area (Å²) < 4.78 is 28.2. The van der Waals surface area contributed by atoms with Crippen molar-refractivity contribution in [1.82, 2.24) is 13.9 Å². The lowest BCUT2D eigenvalue weighted by molar-refractivity contribution is 0.266. The lowest BCUT2D eigenvalue weighted by atomic mass is 9.96. The Balaban J connectivity index is 1.94. The van der Waals surface area contributed by atoms with Crippen molar-refractivity contribution in [2.75, 3.05) is 27.2 Å². The molecule has 1 heterocycles. The Morgan fingerprint density at radius 1 is 1.05 bits per heavy atom. The number of likely N-dealkylation sites (N-methyl/N-ethyl adjacent to an activating group) is 1. The van der Waals surface area contributed by atoms with Crippen molar-refractivity contribution >= 4 is 10.2 Å². The minimum absolute atomic E-state index is 0.192. The van der Waals surface area contributed by atoms with Crippen molar-refractivity contribution in [2.24, 2.45) is 0 Å². The molecule has 0 aromatic carbocycles. The van der Waals surface area contributed by atoms with Gasteiger partial charge in [-0.05, 0) is 32.2 Å². The van der Waals surface area contributed by atoms with E-state index in [-0.39, 0.29) is 6.04 Å². The van der Waals surface area contributed by atoms with E-state index in [1.165, 1.54) is 10.7 Å². The van der Waals surface area contributed by atoms with Gasteiger partial charge < -0.3 is 5.32 Å². The van der Waals surface area contributed by atoms with Gasteiger partial charge in [-0.1, -0.05) is 19.3 Å². The molecule has 5 nitrogen and oxygen atoms in total. The maximum Gasteiger partial charge on any atom is 0.281 e. The van der Waals surface area contributed by atoms with E-state index in [2.05, 4.69) is 5.32 Å². The molecule has 1 unspecified atom stereocenters. The molecule has 1 aliphatic heterocycles. The lowest BCUT2D eigenvalue weighted by Gasteiger charge is -2.33. The number of nitrogens with one attached hydrogen (secondary N) is 1. The molecule has 2 rings (SSSR count). The first-order chi connectivity index (χ1) is 9.01. The molecule has 2 aliphatic rings. The molecule has 0 radical (unpaired) electrons. The molecular weight excluding hydrogens is 262 g/mol. The maximum atomic E-state index is 12.5. The van der Waals surface area contributed by atoms with Gasteiger partial charge >= 0.3 is 0 Å². The van der Waals surface area contributed by atoms with Crippen molar-refractivity contribution in [3.05, 3.63) is 0 Å². The normalized spacial score (nSPS) is 26.4. The first-order valence-electron chi connectivity index (χ1n) is 7.44. The van der Waals surface area contributed by atoms with Gasteiger partial charge in [0.05, 0.1) is 0 Å². The fourth-order valence-corrected chi connectivity index (χ4v) is 4.57. The predicted molar refractivity (Wildman–Crippen MR) is 77.2 cm³/mol. The van der Waals surface area contributed by atoms with E-state index in [1.807, 2.05) is 0 Å². The van der Waals surface area contributed by atoms with E-state index in [0.717, 1.165) is 45.1 Å². The minimum atomic E-state index is -3.30. The summed E-state index contributed by atoms with van der Waals surface area (Å²) in [6, 6.07) is 0.511. The molecule has 0 aromatic heterocycles. The molecule has 0 bridgehead atoms. The SMILES string of the molecule is CN(CC1CCCN1)S(=O)(=O)N(C)C1CCCCC1. The summed E-state index contributed by atoms with van der Waals surface area (Å²) in [4.78, 5) is 0. The van der Waals surface area contributed by atoms with Crippen LogP contribution in [0.2, 0.25) is 0 Å². The number of nitrogens with zero attached hydrogens (tertiary/aromatic N) is 2. The van der Waals surface area contributed by atoms with Crippen molar-refractivity contribution in [3.8, 4) is 0 Å². The first kappa shape index (κ1) is 15.2. The van der Waals surface area contributed by atoms with Crippen LogP contribution in [0.3, 0.4) is 0 Å². The van der Waals surface area contributed by atoms with Gasteiger partial charge in [-0.15, -0.1) is 0 Å². The Hall–Kier alpha value is -0.170. The molecule has 1 saturated heterocycles. The Morgan fingerprint density at radius 3 is 2.32 bits per heavy atom.